The minimum absolute atomic E-state index is 0.0746. The lowest BCUT2D eigenvalue weighted by atomic mass is 10.1. The molecule has 0 radical (unpaired) electrons. The molecule has 0 aliphatic heterocycles. The summed E-state index contributed by atoms with van der Waals surface area (Å²) in [4.78, 5) is 62.4. The summed E-state index contributed by atoms with van der Waals surface area (Å²) in [6, 6.07) is -1.86. The second-order valence-corrected chi connectivity index (χ2v) is 19.7. The van der Waals surface area contributed by atoms with Gasteiger partial charge in [-0.05, 0) is 57.1 Å². The van der Waals surface area contributed by atoms with Crippen LogP contribution in [0, 0.1) is 0 Å². The number of aliphatic hydroxyl groups excluding tert-OH is 1. The fourth-order valence-electron chi connectivity index (χ4n) is 5.70. The number of amides is 4. The molecule has 0 bridgehead atoms. The Kier molecular flexibility index (Phi) is 64.0. The number of nitrogens with one attached hydrogen (secondary N) is 12. The van der Waals surface area contributed by atoms with Crippen molar-refractivity contribution < 1.29 is 29.0 Å². The third-order valence-electron chi connectivity index (χ3n) is 9.88. The summed E-state index contributed by atoms with van der Waals surface area (Å²) in [5.41, 5.74) is 23.2. The second-order valence-electron chi connectivity index (χ2n) is 15.9. The van der Waals surface area contributed by atoms with Crippen LogP contribution < -0.4 is 86.7 Å². The first-order valence-corrected chi connectivity index (χ1v) is 30.2. The molecule has 454 valence electrons. The van der Waals surface area contributed by atoms with Crippen LogP contribution in [0.1, 0.15) is 51.4 Å². The fourth-order valence-corrected chi connectivity index (χ4v) is 7.49. The van der Waals surface area contributed by atoms with E-state index in [2.05, 4.69) is 122 Å². The average Bonchev–Trinajstić information content (AvgIpc) is 3.44. The highest BCUT2D eigenvalue weighted by Gasteiger charge is 2.15. The van der Waals surface area contributed by atoms with E-state index in [9.17, 15) is 19.2 Å². The first kappa shape index (κ1) is 80.0. The summed E-state index contributed by atoms with van der Waals surface area (Å²) in [5.74, 6) is 8.03. The van der Waals surface area contributed by atoms with Gasteiger partial charge in [0.2, 0.25) is 23.6 Å². The molecular weight excluding hydrogens is 1090 g/mol. The van der Waals surface area contributed by atoms with E-state index in [0.717, 1.165) is 98.7 Å². The molecule has 4 amide bonds. The number of carbonyl (C=O) groups excluding carboxylic acids is 4. The van der Waals surface area contributed by atoms with Crippen molar-refractivity contribution in [2.75, 3.05) is 169 Å². The van der Waals surface area contributed by atoms with E-state index < -0.39 is 24.2 Å². The van der Waals surface area contributed by atoms with Gasteiger partial charge in [-0.25, -0.2) is 0 Å². The number of guanidine groups is 4. The van der Waals surface area contributed by atoms with Gasteiger partial charge in [0.05, 0.1) is 44.0 Å². The van der Waals surface area contributed by atoms with Crippen LogP contribution in [0.5, 0.6) is 0 Å². The molecule has 0 spiro atoms. The van der Waals surface area contributed by atoms with Crippen molar-refractivity contribution >= 4 is 109 Å². The molecule has 21 N–H and O–H groups in total. The number of carbonyl (C=O) groups is 4. The van der Waals surface area contributed by atoms with E-state index in [1.807, 2.05) is 0 Å². The van der Waals surface area contributed by atoms with Gasteiger partial charge in [-0.15, -0.1) is 0 Å². The van der Waals surface area contributed by atoms with Crippen LogP contribution in [0.2, 0.25) is 0 Å². The average molecular weight is 1190 g/mol. The first-order valence-electron chi connectivity index (χ1n) is 25.9. The molecule has 0 aromatic heterocycles. The predicted molar refractivity (Wildman–Crippen MR) is 337 cm³/mol. The lowest BCUT2D eigenvalue weighted by molar-refractivity contribution is -0.123. The topological polar surface area (TPSA) is 396 Å². The van der Waals surface area contributed by atoms with Gasteiger partial charge < -0.3 is 96.6 Å². The zero-order valence-electron chi connectivity index (χ0n) is 47.4. The molecular formula is C46H104N20O6S5. The number of thioether (sulfide) groups is 2. The minimum atomic E-state index is -0.488. The molecule has 0 aliphatic rings. The number of nitrogens with two attached hydrogens (primary N) is 4. The highest BCUT2D eigenvalue weighted by molar-refractivity contribution is 8.00. The largest absolute Gasteiger partial charge is 0.396 e. The van der Waals surface area contributed by atoms with Crippen LogP contribution >= 0.6 is 61.4 Å². The molecule has 0 heterocycles. The number of nitrogens with zero attached hydrogens (tertiary/aromatic N) is 4. The minimum Gasteiger partial charge on any atom is -0.396 e. The van der Waals surface area contributed by atoms with Crippen molar-refractivity contribution in [1.29, 1.82) is 0 Å². The van der Waals surface area contributed by atoms with E-state index in [1.165, 1.54) is 0 Å². The van der Waals surface area contributed by atoms with Crippen molar-refractivity contribution in [3.8, 4) is 0 Å². The Hall–Kier alpha value is -3.53. The van der Waals surface area contributed by atoms with E-state index >= 15 is 0 Å². The molecule has 77 heavy (non-hydrogen) atoms. The number of hydrogen-bond donors (Lipinski definition) is 20. The normalized spacial score (nSPS) is 12.9. The number of hydrogen-bond acceptors (Lipinski definition) is 19. The lowest BCUT2D eigenvalue weighted by Crippen LogP contribution is -2.42. The standard InChI is InChI=1S/2C12H27N5O2S.C12H27N5OS2.C10H23N5OS/c1-14-12(15-2)17-5-3-4-10(13)11(19)16-6-8-20-9-7-18;1-14-12(15-2)17-5-3-4-10(13)11(18)16-6-7-19-8-9-20;1-14-12(15-2)17-5-3-4-10(13)11(18)16-6-8-20-9-7-19;1-12-10(13-2)15-5-3-4-8(11)9(16)14-6-7-17/h10,18H,3-9,13H2,1-2H3,(H,16,19)(H2,14,15,17);10,20H,3-9,13H2,1-2H3,(H,16,18)(H2,14,15,17);10,19H,3-9,13H2,1-2H3,(H,16,18)(H2,14,15,17);8,17H,3-7,11H2,1-2H3,(H,14,16)(H2,12,13,15). The highest BCUT2D eigenvalue weighted by Crippen LogP contribution is 2.00. The molecule has 31 heteroatoms. The number of thiol groups is 3. The first-order chi connectivity index (χ1) is 37.1. The van der Waals surface area contributed by atoms with Gasteiger partial charge in [0.1, 0.15) is 0 Å². The van der Waals surface area contributed by atoms with E-state index in [-0.39, 0.29) is 30.2 Å². The lowest BCUT2D eigenvalue weighted by Gasteiger charge is -2.13. The molecule has 0 aromatic rings. The van der Waals surface area contributed by atoms with Crippen molar-refractivity contribution in [2.45, 2.75) is 75.5 Å². The van der Waals surface area contributed by atoms with Gasteiger partial charge in [-0.2, -0.15) is 61.4 Å². The van der Waals surface area contributed by atoms with Gasteiger partial charge in [-0.1, -0.05) is 0 Å². The maximum absolute atomic E-state index is 11.7. The van der Waals surface area contributed by atoms with Crippen molar-refractivity contribution in [2.24, 2.45) is 42.9 Å². The maximum atomic E-state index is 11.7. The van der Waals surface area contributed by atoms with Gasteiger partial charge >= 0.3 is 0 Å². The Morgan fingerprint density at radius 2 is 0.740 bits per heavy atom. The molecule has 0 saturated carbocycles. The van der Waals surface area contributed by atoms with Crippen LogP contribution in [0.25, 0.3) is 0 Å². The van der Waals surface area contributed by atoms with E-state index in [1.54, 1.807) is 79.9 Å². The fraction of sp³-hybridized carbons (Fsp3) is 0.826. The molecule has 4 unspecified atom stereocenters. The Labute approximate surface area is 486 Å². The van der Waals surface area contributed by atoms with E-state index in [0.29, 0.717) is 82.3 Å². The Bertz CT molecular complexity index is 1420. The molecule has 0 aromatic carbocycles. The van der Waals surface area contributed by atoms with Crippen LogP contribution in [0.4, 0.5) is 0 Å². The van der Waals surface area contributed by atoms with Crippen LogP contribution in [-0.4, -0.2) is 246 Å². The third kappa shape index (κ3) is 54.2. The summed E-state index contributed by atoms with van der Waals surface area (Å²) in [6.07, 6.45) is 5.79. The summed E-state index contributed by atoms with van der Waals surface area (Å²) < 4.78 is 5.20. The van der Waals surface area contributed by atoms with Crippen LogP contribution in [0.3, 0.4) is 0 Å². The zero-order valence-corrected chi connectivity index (χ0v) is 51.8. The van der Waals surface area contributed by atoms with Gasteiger partial charge in [0.15, 0.2) is 23.8 Å². The van der Waals surface area contributed by atoms with Crippen molar-refractivity contribution in [1.82, 2.24) is 63.8 Å². The zero-order chi connectivity index (χ0) is 58.7. The second kappa shape index (κ2) is 61.7. The third-order valence-corrected chi connectivity index (χ3v) is 12.8. The Morgan fingerprint density at radius 1 is 0.429 bits per heavy atom. The van der Waals surface area contributed by atoms with Crippen molar-refractivity contribution in [3.63, 3.8) is 0 Å². The summed E-state index contributed by atoms with van der Waals surface area (Å²) in [7, 11) is 14.0. The summed E-state index contributed by atoms with van der Waals surface area (Å²) >= 11 is 15.5. The van der Waals surface area contributed by atoms with Gasteiger partial charge in [-0.3, -0.25) is 39.1 Å². The van der Waals surface area contributed by atoms with Crippen LogP contribution in [0.15, 0.2) is 20.0 Å². The molecule has 0 aliphatic carbocycles. The Morgan fingerprint density at radius 3 is 1.01 bits per heavy atom. The summed E-state index contributed by atoms with van der Waals surface area (Å²) in [6.45, 7) is 6.44. The SMILES string of the molecule is CN=C(NC)NCCCC(N)C(=O)NCCOCCS.CN=C(NC)NCCCC(N)C(=O)NCCS.CN=C(NC)NCCCC(N)C(=O)NCCSCCO.CN=C(NC)NCCCC(N)C(=O)NCCSCCS. The molecule has 0 fully saturated rings. The number of rotatable bonds is 37. The smallest absolute Gasteiger partial charge is 0.236 e. The maximum Gasteiger partial charge on any atom is 0.236 e. The predicted octanol–water partition coefficient (Wildman–Crippen LogP) is -3.72. The van der Waals surface area contributed by atoms with Gasteiger partial charge in [0.25, 0.3) is 0 Å². The number of ether oxygens (including phenoxy) is 1. The number of aliphatic imine (C=N–C) groups is 4. The van der Waals surface area contributed by atoms with Crippen LogP contribution in [-0.2, 0) is 23.9 Å². The monoisotopic (exact) mass is 1190 g/mol. The summed E-state index contributed by atoms with van der Waals surface area (Å²) in [5, 5.41) is 43.8. The number of aliphatic hydroxyl groups is 1. The van der Waals surface area contributed by atoms with Crippen molar-refractivity contribution in [3.05, 3.63) is 0 Å². The highest BCUT2D eigenvalue weighted by atomic mass is 32.2. The molecule has 26 nitrogen and oxygen atoms in total. The van der Waals surface area contributed by atoms with E-state index in [4.69, 9.17) is 32.8 Å². The Balaban J connectivity index is -0.000000462. The van der Waals surface area contributed by atoms with Gasteiger partial charge in [0, 0.05) is 143 Å². The molecule has 0 rings (SSSR count). The molecule has 0 saturated heterocycles. The molecule has 4 atom stereocenters. The quantitative estimate of drug-likeness (QED) is 0.0123.